The molecule has 3 rings (SSSR count). The van der Waals surface area contributed by atoms with Crippen molar-refractivity contribution in [1.82, 2.24) is 4.31 Å². The second kappa shape index (κ2) is 7.25. The summed E-state index contributed by atoms with van der Waals surface area (Å²) in [5.41, 5.74) is 1.73. The van der Waals surface area contributed by atoms with Gasteiger partial charge in [0.1, 0.15) is 0 Å². The molecule has 0 bridgehead atoms. The van der Waals surface area contributed by atoms with Gasteiger partial charge in [0, 0.05) is 23.7 Å². The number of carbonyl (C=O) groups excluding carboxylic acids is 1. The fourth-order valence-corrected chi connectivity index (χ4v) is 5.54. The average molecular weight is 380 g/mol. The second-order valence-corrected chi connectivity index (χ2v) is 9.03. The Morgan fingerprint density at radius 1 is 1.20 bits per heavy atom. The van der Waals surface area contributed by atoms with Crippen LogP contribution in [0.5, 0.6) is 0 Å². The molecule has 1 fully saturated rings. The molecule has 0 spiro atoms. The topological polar surface area (TPSA) is 75.7 Å². The van der Waals surface area contributed by atoms with E-state index in [-0.39, 0.29) is 10.8 Å². The summed E-state index contributed by atoms with van der Waals surface area (Å²) in [6.45, 7) is 5.12. The van der Waals surface area contributed by atoms with E-state index in [0.29, 0.717) is 41.7 Å². The van der Waals surface area contributed by atoms with E-state index in [9.17, 15) is 13.2 Å². The highest BCUT2D eigenvalue weighted by molar-refractivity contribution is 7.89. The molecule has 0 unspecified atom stereocenters. The molecule has 1 amide bonds. The van der Waals surface area contributed by atoms with Crippen LogP contribution < -0.4 is 5.32 Å². The second-order valence-electron chi connectivity index (χ2n) is 5.87. The predicted molar refractivity (Wildman–Crippen MR) is 97.8 cm³/mol. The number of amides is 1. The van der Waals surface area contributed by atoms with Gasteiger partial charge in [-0.3, -0.25) is 4.79 Å². The maximum absolute atomic E-state index is 12.8. The van der Waals surface area contributed by atoms with Crippen LogP contribution in [0, 0.1) is 13.8 Å². The van der Waals surface area contributed by atoms with Gasteiger partial charge in [-0.15, -0.1) is 11.3 Å². The number of benzene rings is 1. The van der Waals surface area contributed by atoms with Crippen LogP contribution in [-0.4, -0.2) is 44.9 Å². The van der Waals surface area contributed by atoms with Crippen molar-refractivity contribution in [3.63, 3.8) is 0 Å². The van der Waals surface area contributed by atoms with Crippen molar-refractivity contribution in [1.29, 1.82) is 0 Å². The Bertz CT molecular complexity index is 884. The number of anilines is 1. The SMILES string of the molecule is Cc1cccc(NC(=O)c2cc(S(=O)(=O)N3CCOCC3)c(C)s2)c1. The summed E-state index contributed by atoms with van der Waals surface area (Å²) in [4.78, 5) is 13.7. The summed E-state index contributed by atoms with van der Waals surface area (Å²) in [6.07, 6.45) is 0. The van der Waals surface area contributed by atoms with Crippen molar-refractivity contribution in [2.45, 2.75) is 18.7 Å². The predicted octanol–water partition coefficient (Wildman–Crippen LogP) is 2.64. The van der Waals surface area contributed by atoms with E-state index in [2.05, 4.69) is 5.32 Å². The third kappa shape index (κ3) is 3.92. The van der Waals surface area contributed by atoms with E-state index in [1.807, 2.05) is 25.1 Å². The first-order chi connectivity index (χ1) is 11.9. The summed E-state index contributed by atoms with van der Waals surface area (Å²) < 4.78 is 32.2. The highest BCUT2D eigenvalue weighted by Gasteiger charge is 2.30. The molecule has 25 heavy (non-hydrogen) atoms. The lowest BCUT2D eigenvalue weighted by Gasteiger charge is -2.25. The largest absolute Gasteiger partial charge is 0.379 e. The van der Waals surface area contributed by atoms with Crippen LogP contribution in [0.1, 0.15) is 20.1 Å². The van der Waals surface area contributed by atoms with Gasteiger partial charge in [-0.25, -0.2) is 8.42 Å². The van der Waals surface area contributed by atoms with Crippen molar-refractivity contribution in [3.05, 3.63) is 45.6 Å². The van der Waals surface area contributed by atoms with Crippen molar-refractivity contribution < 1.29 is 17.9 Å². The minimum absolute atomic E-state index is 0.203. The Morgan fingerprint density at radius 3 is 2.60 bits per heavy atom. The summed E-state index contributed by atoms with van der Waals surface area (Å²) in [5.74, 6) is -0.304. The number of ether oxygens (including phenoxy) is 1. The van der Waals surface area contributed by atoms with Crippen molar-refractivity contribution in [2.75, 3.05) is 31.6 Å². The number of morpholine rings is 1. The molecule has 2 aromatic rings. The van der Waals surface area contributed by atoms with Gasteiger partial charge in [0.25, 0.3) is 5.91 Å². The van der Waals surface area contributed by atoms with Gasteiger partial charge >= 0.3 is 0 Å². The van der Waals surface area contributed by atoms with E-state index < -0.39 is 10.0 Å². The smallest absolute Gasteiger partial charge is 0.265 e. The minimum Gasteiger partial charge on any atom is -0.379 e. The van der Waals surface area contributed by atoms with Gasteiger partial charge in [-0.1, -0.05) is 12.1 Å². The van der Waals surface area contributed by atoms with Crippen molar-refractivity contribution >= 4 is 33.0 Å². The maximum Gasteiger partial charge on any atom is 0.265 e. The number of aryl methyl sites for hydroxylation is 2. The molecule has 6 nitrogen and oxygen atoms in total. The van der Waals surface area contributed by atoms with Gasteiger partial charge in [0.15, 0.2) is 0 Å². The number of rotatable bonds is 4. The number of thiophene rings is 1. The van der Waals surface area contributed by atoms with Crippen LogP contribution in [0.2, 0.25) is 0 Å². The summed E-state index contributed by atoms with van der Waals surface area (Å²) in [5, 5.41) is 2.81. The molecular formula is C17H20N2O4S2. The minimum atomic E-state index is -3.60. The molecule has 0 aliphatic carbocycles. The van der Waals surface area contributed by atoms with Crippen LogP contribution >= 0.6 is 11.3 Å². The Labute approximate surface area is 151 Å². The third-order valence-electron chi connectivity index (χ3n) is 3.96. The van der Waals surface area contributed by atoms with Crippen LogP contribution in [0.3, 0.4) is 0 Å². The number of sulfonamides is 1. The fourth-order valence-electron chi connectivity index (χ4n) is 2.67. The molecular weight excluding hydrogens is 360 g/mol. The number of nitrogens with one attached hydrogen (secondary N) is 1. The van der Waals surface area contributed by atoms with Crippen molar-refractivity contribution in [3.8, 4) is 0 Å². The van der Waals surface area contributed by atoms with Crippen LogP contribution in [0.25, 0.3) is 0 Å². The first kappa shape index (κ1) is 18.1. The van der Waals surface area contributed by atoms with Gasteiger partial charge in [0.2, 0.25) is 10.0 Å². The number of carbonyl (C=O) groups is 1. The molecule has 8 heteroatoms. The third-order valence-corrected chi connectivity index (χ3v) is 7.16. The molecule has 1 N–H and O–H groups in total. The van der Waals surface area contributed by atoms with Gasteiger partial charge in [0.05, 0.1) is 23.0 Å². The molecule has 1 aromatic heterocycles. The van der Waals surface area contributed by atoms with Gasteiger partial charge < -0.3 is 10.1 Å². The Balaban J connectivity index is 1.83. The number of hydrogen-bond acceptors (Lipinski definition) is 5. The number of hydrogen-bond donors (Lipinski definition) is 1. The Hall–Kier alpha value is -1.74. The van der Waals surface area contributed by atoms with Crippen molar-refractivity contribution in [2.24, 2.45) is 0 Å². The van der Waals surface area contributed by atoms with Gasteiger partial charge in [-0.05, 0) is 37.6 Å². The molecule has 1 aromatic carbocycles. The van der Waals surface area contributed by atoms with E-state index in [1.54, 1.807) is 13.0 Å². The molecule has 134 valence electrons. The normalized spacial score (nSPS) is 15.9. The molecule has 1 aliphatic rings. The van der Waals surface area contributed by atoms with E-state index in [1.165, 1.54) is 21.7 Å². The molecule has 1 saturated heterocycles. The van der Waals surface area contributed by atoms with Gasteiger partial charge in [-0.2, -0.15) is 4.31 Å². The molecule has 0 radical (unpaired) electrons. The Kier molecular flexibility index (Phi) is 5.24. The monoisotopic (exact) mass is 380 g/mol. The van der Waals surface area contributed by atoms with E-state index in [0.717, 1.165) is 5.56 Å². The molecule has 2 heterocycles. The summed E-state index contributed by atoms with van der Waals surface area (Å²) in [6, 6.07) is 8.94. The first-order valence-corrected chi connectivity index (χ1v) is 10.2. The average Bonchev–Trinajstić information content (AvgIpc) is 2.98. The molecule has 1 aliphatic heterocycles. The quantitative estimate of drug-likeness (QED) is 0.885. The Morgan fingerprint density at radius 2 is 1.92 bits per heavy atom. The maximum atomic E-state index is 12.8. The number of nitrogens with zero attached hydrogens (tertiary/aromatic N) is 1. The summed E-state index contributed by atoms with van der Waals surface area (Å²) in [7, 11) is -3.60. The standard InChI is InChI=1S/C17H20N2O4S2/c1-12-4-3-5-14(10-12)18-17(20)15-11-16(13(2)24-15)25(21,22)19-6-8-23-9-7-19/h3-5,10-11H,6-9H2,1-2H3,(H,18,20). The summed E-state index contributed by atoms with van der Waals surface area (Å²) >= 11 is 1.19. The van der Waals surface area contributed by atoms with Crippen LogP contribution in [0.4, 0.5) is 5.69 Å². The lowest BCUT2D eigenvalue weighted by atomic mass is 10.2. The lowest BCUT2D eigenvalue weighted by molar-refractivity contribution is 0.0730. The molecule has 0 atom stereocenters. The zero-order valence-corrected chi connectivity index (χ0v) is 15.7. The fraction of sp³-hybridized carbons (Fsp3) is 0.353. The molecule has 0 saturated carbocycles. The zero-order chi connectivity index (χ0) is 18.0. The van der Waals surface area contributed by atoms with E-state index in [4.69, 9.17) is 4.74 Å². The zero-order valence-electron chi connectivity index (χ0n) is 14.1. The van der Waals surface area contributed by atoms with E-state index >= 15 is 0 Å². The first-order valence-electron chi connectivity index (χ1n) is 7.94. The van der Waals surface area contributed by atoms with Crippen LogP contribution in [0.15, 0.2) is 35.2 Å². The lowest BCUT2D eigenvalue weighted by Crippen LogP contribution is -2.40. The highest BCUT2D eigenvalue weighted by Crippen LogP contribution is 2.29. The van der Waals surface area contributed by atoms with Crippen LogP contribution in [-0.2, 0) is 14.8 Å². The highest BCUT2D eigenvalue weighted by atomic mass is 32.2.